The fourth-order valence-electron chi connectivity index (χ4n) is 2.32. The van der Waals surface area contributed by atoms with E-state index in [1.807, 2.05) is 0 Å². The topological polar surface area (TPSA) is 38.9 Å². The Morgan fingerprint density at radius 1 is 1.11 bits per heavy atom. The first-order chi connectivity index (χ1) is 9.29. The highest BCUT2D eigenvalue weighted by molar-refractivity contribution is 7.16. The van der Waals surface area contributed by atoms with Crippen molar-refractivity contribution in [1.82, 2.24) is 4.98 Å². The number of nitrogens with zero attached hydrogens (tertiary/aromatic N) is 1. The van der Waals surface area contributed by atoms with E-state index in [9.17, 15) is 0 Å². The summed E-state index contributed by atoms with van der Waals surface area (Å²) in [5.74, 6) is 0. The lowest BCUT2D eigenvalue weighted by molar-refractivity contribution is 0.910. The number of nitrogens with two attached hydrogens (primary N) is 1. The van der Waals surface area contributed by atoms with Crippen LogP contribution in [0.4, 0.5) is 5.00 Å². The monoisotopic (exact) mass is 268 g/mol. The Morgan fingerprint density at radius 2 is 1.89 bits per heavy atom. The highest BCUT2D eigenvalue weighted by Gasteiger charge is 2.12. The molecule has 0 bridgehead atoms. The predicted molar refractivity (Wildman–Crippen MR) is 83.5 cm³/mol. The van der Waals surface area contributed by atoms with Crippen molar-refractivity contribution in [2.45, 2.75) is 19.8 Å². The number of anilines is 1. The van der Waals surface area contributed by atoms with Crippen LogP contribution in [0.5, 0.6) is 0 Å². The molecule has 3 heteroatoms. The molecule has 2 N–H and O–H groups in total. The molecule has 1 heterocycles. The van der Waals surface area contributed by atoms with Crippen LogP contribution in [0.1, 0.15) is 18.4 Å². The van der Waals surface area contributed by atoms with Crippen LogP contribution < -0.4 is 5.73 Å². The average Bonchev–Trinajstić information content (AvgIpc) is 2.79. The van der Waals surface area contributed by atoms with Crippen molar-refractivity contribution in [3.63, 3.8) is 0 Å². The summed E-state index contributed by atoms with van der Waals surface area (Å²) in [4.78, 5) is 4.71. The smallest absolute Gasteiger partial charge is 0.114 e. The quantitative estimate of drug-likeness (QED) is 0.759. The lowest BCUT2D eigenvalue weighted by Crippen LogP contribution is -1.88. The van der Waals surface area contributed by atoms with E-state index in [2.05, 4.69) is 49.4 Å². The van der Waals surface area contributed by atoms with Crippen molar-refractivity contribution < 1.29 is 0 Å². The van der Waals surface area contributed by atoms with Gasteiger partial charge in [-0.1, -0.05) is 49.4 Å². The molecule has 1 aromatic heterocycles. The van der Waals surface area contributed by atoms with Gasteiger partial charge in [-0.05, 0) is 23.6 Å². The van der Waals surface area contributed by atoms with Crippen molar-refractivity contribution in [3.8, 4) is 11.3 Å². The van der Waals surface area contributed by atoms with Crippen LogP contribution in [0.2, 0.25) is 0 Å². The van der Waals surface area contributed by atoms with Crippen molar-refractivity contribution >= 4 is 27.1 Å². The summed E-state index contributed by atoms with van der Waals surface area (Å²) in [7, 11) is 0. The third-order valence-electron chi connectivity index (χ3n) is 3.21. The molecule has 0 radical (unpaired) electrons. The van der Waals surface area contributed by atoms with Gasteiger partial charge in [-0.3, -0.25) is 0 Å². The van der Waals surface area contributed by atoms with Gasteiger partial charge in [0.15, 0.2) is 0 Å². The molecule has 0 unspecified atom stereocenters. The Bertz CT molecular complexity index is 710. The van der Waals surface area contributed by atoms with Gasteiger partial charge in [0, 0.05) is 5.56 Å². The number of fused-ring (bicyclic) bond motifs is 1. The lowest BCUT2D eigenvalue weighted by atomic mass is 10.0. The van der Waals surface area contributed by atoms with Gasteiger partial charge in [-0.15, -0.1) is 11.3 Å². The maximum atomic E-state index is 6.15. The lowest BCUT2D eigenvalue weighted by Gasteiger charge is -2.04. The van der Waals surface area contributed by atoms with Crippen LogP contribution in [0.3, 0.4) is 0 Å². The zero-order chi connectivity index (χ0) is 13.2. The molecule has 0 aliphatic heterocycles. The van der Waals surface area contributed by atoms with E-state index >= 15 is 0 Å². The van der Waals surface area contributed by atoms with Gasteiger partial charge in [0.1, 0.15) is 10.7 Å². The number of thiazole rings is 1. The minimum absolute atomic E-state index is 0.819. The summed E-state index contributed by atoms with van der Waals surface area (Å²) < 4.78 is 0. The van der Waals surface area contributed by atoms with Gasteiger partial charge >= 0.3 is 0 Å². The maximum absolute atomic E-state index is 6.15. The molecule has 0 aliphatic carbocycles. The fourth-order valence-corrected chi connectivity index (χ4v) is 3.27. The SMILES string of the molecule is CCCc1nc(-c2cccc3ccccc23)c(N)s1. The van der Waals surface area contributed by atoms with E-state index in [0.29, 0.717) is 0 Å². The third-order valence-corrected chi connectivity index (χ3v) is 4.15. The number of nitrogen functional groups attached to an aromatic ring is 1. The highest BCUT2D eigenvalue weighted by Crippen LogP contribution is 2.35. The van der Waals surface area contributed by atoms with Gasteiger partial charge in [-0.2, -0.15) is 0 Å². The average molecular weight is 268 g/mol. The first-order valence-corrected chi connectivity index (χ1v) is 7.34. The van der Waals surface area contributed by atoms with Crippen LogP contribution in [-0.4, -0.2) is 4.98 Å². The Balaban J connectivity index is 2.19. The molecule has 0 atom stereocenters. The van der Waals surface area contributed by atoms with Crippen molar-refractivity contribution in [1.29, 1.82) is 0 Å². The molecular weight excluding hydrogens is 252 g/mol. The van der Waals surface area contributed by atoms with Crippen LogP contribution in [0.25, 0.3) is 22.0 Å². The first kappa shape index (κ1) is 12.2. The van der Waals surface area contributed by atoms with E-state index < -0.39 is 0 Å². The molecule has 0 aliphatic rings. The molecule has 3 aromatic rings. The molecule has 0 amide bonds. The Labute approximate surface area is 116 Å². The molecule has 2 nitrogen and oxygen atoms in total. The van der Waals surface area contributed by atoms with Crippen LogP contribution in [-0.2, 0) is 6.42 Å². The standard InChI is InChI=1S/C16H16N2S/c1-2-6-14-18-15(16(17)19-14)13-10-5-8-11-7-3-4-9-12(11)13/h3-5,7-10H,2,6,17H2,1H3. The minimum Gasteiger partial charge on any atom is -0.389 e. The zero-order valence-electron chi connectivity index (χ0n) is 10.9. The second-order valence-electron chi connectivity index (χ2n) is 4.60. The molecule has 0 spiro atoms. The number of benzene rings is 2. The summed E-state index contributed by atoms with van der Waals surface area (Å²) in [5.41, 5.74) is 8.22. The van der Waals surface area contributed by atoms with Crippen molar-refractivity contribution in [3.05, 3.63) is 47.5 Å². The Kier molecular flexibility index (Phi) is 3.22. The molecule has 96 valence electrons. The molecule has 0 saturated carbocycles. The van der Waals surface area contributed by atoms with E-state index in [1.54, 1.807) is 11.3 Å². The summed E-state index contributed by atoms with van der Waals surface area (Å²) in [5, 5.41) is 4.39. The number of hydrogen-bond acceptors (Lipinski definition) is 3. The van der Waals surface area contributed by atoms with Gasteiger partial charge in [-0.25, -0.2) is 4.98 Å². The Hall–Kier alpha value is -1.87. The number of hydrogen-bond donors (Lipinski definition) is 1. The Morgan fingerprint density at radius 3 is 2.74 bits per heavy atom. The highest BCUT2D eigenvalue weighted by atomic mass is 32.1. The maximum Gasteiger partial charge on any atom is 0.114 e. The van der Waals surface area contributed by atoms with Crippen LogP contribution in [0, 0.1) is 0 Å². The molecule has 0 saturated heterocycles. The van der Waals surface area contributed by atoms with Gasteiger partial charge in [0.05, 0.1) is 5.01 Å². The molecule has 2 aromatic carbocycles. The molecule has 19 heavy (non-hydrogen) atoms. The van der Waals surface area contributed by atoms with E-state index in [1.165, 1.54) is 10.8 Å². The second-order valence-corrected chi connectivity index (χ2v) is 5.71. The van der Waals surface area contributed by atoms with E-state index in [4.69, 9.17) is 10.7 Å². The zero-order valence-corrected chi connectivity index (χ0v) is 11.7. The molecule has 0 fully saturated rings. The summed E-state index contributed by atoms with van der Waals surface area (Å²) in [6.07, 6.45) is 2.10. The third kappa shape index (κ3) is 2.22. The van der Waals surface area contributed by atoms with Crippen LogP contribution in [0.15, 0.2) is 42.5 Å². The van der Waals surface area contributed by atoms with E-state index in [0.717, 1.165) is 34.1 Å². The fraction of sp³-hybridized carbons (Fsp3) is 0.188. The van der Waals surface area contributed by atoms with E-state index in [-0.39, 0.29) is 0 Å². The number of aryl methyl sites for hydroxylation is 1. The normalized spacial score (nSPS) is 11.0. The summed E-state index contributed by atoms with van der Waals surface area (Å²) in [6.45, 7) is 2.16. The minimum atomic E-state index is 0.819. The number of rotatable bonds is 3. The summed E-state index contributed by atoms with van der Waals surface area (Å²) in [6, 6.07) is 14.6. The molecular formula is C16H16N2S. The van der Waals surface area contributed by atoms with Crippen molar-refractivity contribution in [2.24, 2.45) is 0 Å². The number of aromatic nitrogens is 1. The van der Waals surface area contributed by atoms with Gasteiger partial charge < -0.3 is 5.73 Å². The van der Waals surface area contributed by atoms with Crippen LogP contribution >= 0.6 is 11.3 Å². The second kappa shape index (κ2) is 5.02. The van der Waals surface area contributed by atoms with Gasteiger partial charge in [0.2, 0.25) is 0 Å². The molecule has 3 rings (SSSR count). The van der Waals surface area contributed by atoms with Gasteiger partial charge in [0.25, 0.3) is 0 Å². The first-order valence-electron chi connectivity index (χ1n) is 6.53. The predicted octanol–water partition coefficient (Wildman–Crippen LogP) is 4.50. The summed E-state index contributed by atoms with van der Waals surface area (Å²) >= 11 is 1.61. The van der Waals surface area contributed by atoms with Crippen molar-refractivity contribution in [2.75, 3.05) is 5.73 Å². The largest absolute Gasteiger partial charge is 0.389 e.